The van der Waals surface area contributed by atoms with Crippen LogP contribution in [0.3, 0.4) is 0 Å². The molecule has 0 aliphatic carbocycles. The van der Waals surface area contributed by atoms with Crippen LogP contribution < -0.4 is 0 Å². The summed E-state index contributed by atoms with van der Waals surface area (Å²) in [6.07, 6.45) is -4.34. The average molecular weight is 455 g/mol. The molecule has 0 unspecified atom stereocenters. The molecule has 0 radical (unpaired) electrons. The molecule has 2 aliphatic heterocycles. The van der Waals surface area contributed by atoms with Crippen LogP contribution in [-0.4, -0.2) is 84.6 Å². The fourth-order valence-electron chi connectivity index (χ4n) is 3.75. The zero-order valence-electron chi connectivity index (χ0n) is 17.1. The molecule has 2 fully saturated rings. The lowest BCUT2D eigenvalue weighted by molar-refractivity contribution is -0.137. The molecule has 3 heterocycles. The summed E-state index contributed by atoms with van der Waals surface area (Å²) in [6.45, 7) is 7.04. The van der Waals surface area contributed by atoms with E-state index in [0.717, 1.165) is 44.0 Å². The highest BCUT2D eigenvalue weighted by Gasteiger charge is 2.30. The van der Waals surface area contributed by atoms with Crippen LogP contribution in [0.5, 0.6) is 0 Å². The molecule has 0 saturated carbocycles. The molecule has 0 N–H and O–H groups in total. The monoisotopic (exact) mass is 454 g/mol. The molecule has 2 aromatic rings. The summed E-state index contributed by atoms with van der Waals surface area (Å²) in [5.74, 6) is 0.166. The Kier molecular flexibility index (Phi) is 6.90. The van der Waals surface area contributed by atoms with Crippen molar-refractivity contribution in [1.82, 2.24) is 19.7 Å². The van der Waals surface area contributed by atoms with Crippen molar-refractivity contribution >= 4 is 17.2 Å². The predicted octanol–water partition coefficient (Wildman–Crippen LogP) is 2.81. The van der Waals surface area contributed by atoms with Gasteiger partial charge < -0.3 is 9.64 Å². The molecule has 1 aromatic carbocycles. The Morgan fingerprint density at radius 1 is 1.00 bits per heavy atom. The second kappa shape index (κ2) is 9.64. The highest BCUT2D eigenvalue weighted by molar-refractivity contribution is 7.13. The van der Waals surface area contributed by atoms with E-state index >= 15 is 0 Å². The Morgan fingerprint density at radius 2 is 1.68 bits per heavy atom. The van der Waals surface area contributed by atoms with Crippen molar-refractivity contribution in [1.29, 1.82) is 0 Å². The zero-order valence-corrected chi connectivity index (χ0v) is 17.9. The lowest BCUT2D eigenvalue weighted by Gasteiger charge is -2.36. The maximum atomic E-state index is 12.7. The summed E-state index contributed by atoms with van der Waals surface area (Å²) < 4.78 is 43.5. The van der Waals surface area contributed by atoms with Crippen molar-refractivity contribution in [3.05, 3.63) is 40.9 Å². The van der Waals surface area contributed by atoms with Crippen molar-refractivity contribution in [2.75, 3.05) is 59.0 Å². The van der Waals surface area contributed by atoms with Crippen molar-refractivity contribution in [2.24, 2.45) is 0 Å². The van der Waals surface area contributed by atoms with Gasteiger partial charge >= 0.3 is 6.18 Å². The number of thiazole rings is 1. The van der Waals surface area contributed by atoms with Gasteiger partial charge in [0.1, 0.15) is 5.01 Å². The van der Waals surface area contributed by atoms with Gasteiger partial charge in [-0.1, -0.05) is 12.1 Å². The maximum Gasteiger partial charge on any atom is 0.416 e. The molecule has 0 atom stereocenters. The number of nitrogens with zero attached hydrogens (tertiary/aromatic N) is 4. The number of benzene rings is 1. The number of hydrogen-bond donors (Lipinski definition) is 0. The van der Waals surface area contributed by atoms with E-state index < -0.39 is 11.7 Å². The molecule has 10 heteroatoms. The number of ether oxygens (including phenoxy) is 1. The minimum absolute atomic E-state index is 0.166. The third kappa shape index (κ3) is 5.82. The quantitative estimate of drug-likeness (QED) is 0.696. The van der Waals surface area contributed by atoms with Crippen LogP contribution in [0.1, 0.15) is 11.3 Å². The van der Waals surface area contributed by atoms with Crippen LogP contribution in [0, 0.1) is 0 Å². The molecule has 4 rings (SSSR count). The number of rotatable bonds is 5. The normalized spacial score (nSPS) is 19.0. The van der Waals surface area contributed by atoms with E-state index in [4.69, 9.17) is 4.74 Å². The van der Waals surface area contributed by atoms with Crippen LogP contribution in [0.4, 0.5) is 13.2 Å². The summed E-state index contributed by atoms with van der Waals surface area (Å²) in [6, 6.07) is 5.10. The smallest absolute Gasteiger partial charge is 0.379 e. The summed E-state index contributed by atoms with van der Waals surface area (Å²) in [4.78, 5) is 23.4. The van der Waals surface area contributed by atoms with E-state index in [1.54, 1.807) is 0 Å². The number of hydrogen-bond acceptors (Lipinski definition) is 6. The molecule has 31 heavy (non-hydrogen) atoms. The van der Waals surface area contributed by atoms with Crippen LogP contribution >= 0.6 is 11.3 Å². The van der Waals surface area contributed by atoms with Gasteiger partial charge in [-0.2, -0.15) is 13.2 Å². The van der Waals surface area contributed by atoms with Crippen LogP contribution in [-0.2, 0) is 22.3 Å². The van der Waals surface area contributed by atoms with Gasteiger partial charge in [0.2, 0.25) is 5.91 Å². The minimum atomic E-state index is -4.34. The standard InChI is InChI=1S/C21H25F3N4O2S/c22-21(23,24)17-3-1-16(2-4-17)20-25-18(15-31-20)13-26-5-7-28(8-6-26)19(29)14-27-9-11-30-12-10-27/h1-4,15H,5-14H2. The Labute approximate surface area is 183 Å². The number of amides is 1. The first-order chi connectivity index (χ1) is 14.9. The number of morpholine rings is 1. The highest BCUT2D eigenvalue weighted by Crippen LogP contribution is 2.32. The molecule has 2 saturated heterocycles. The molecule has 1 amide bonds. The minimum Gasteiger partial charge on any atom is -0.379 e. The number of piperazine rings is 1. The Morgan fingerprint density at radius 3 is 2.32 bits per heavy atom. The lowest BCUT2D eigenvalue weighted by atomic mass is 10.1. The van der Waals surface area contributed by atoms with Crippen molar-refractivity contribution < 1.29 is 22.7 Å². The SMILES string of the molecule is O=C(CN1CCOCC1)N1CCN(Cc2csc(-c3ccc(C(F)(F)F)cc3)n2)CC1. The van der Waals surface area contributed by atoms with E-state index in [0.29, 0.717) is 50.0 Å². The van der Waals surface area contributed by atoms with Gasteiger partial charge in [-0.05, 0) is 12.1 Å². The van der Waals surface area contributed by atoms with Crippen molar-refractivity contribution in [3.63, 3.8) is 0 Å². The van der Waals surface area contributed by atoms with Gasteiger partial charge in [-0.15, -0.1) is 11.3 Å². The third-order valence-electron chi connectivity index (χ3n) is 5.58. The Hall–Kier alpha value is -2.01. The Bertz CT molecular complexity index is 873. The van der Waals surface area contributed by atoms with E-state index in [1.165, 1.54) is 23.5 Å². The van der Waals surface area contributed by atoms with Gasteiger partial charge in [-0.25, -0.2) is 4.98 Å². The number of halogens is 3. The summed E-state index contributed by atoms with van der Waals surface area (Å²) in [7, 11) is 0. The molecule has 6 nitrogen and oxygen atoms in total. The van der Waals surface area contributed by atoms with Crippen LogP contribution in [0.25, 0.3) is 10.6 Å². The average Bonchev–Trinajstić information content (AvgIpc) is 3.23. The molecule has 168 valence electrons. The fourth-order valence-corrected chi connectivity index (χ4v) is 4.57. The van der Waals surface area contributed by atoms with Crippen molar-refractivity contribution in [2.45, 2.75) is 12.7 Å². The molecule has 2 aliphatic rings. The number of alkyl halides is 3. The molecular weight excluding hydrogens is 429 g/mol. The van der Waals surface area contributed by atoms with Crippen LogP contribution in [0.15, 0.2) is 29.6 Å². The van der Waals surface area contributed by atoms with Gasteiger partial charge in [0.15, 0.2) is 0 Å². The summed E-state index contributed by atoms with van der Waals surface area (Å²) in [5, 5.41) is 2.66. The van der Waals surface area contributed by atoms with Gasteiger partial charge in [0, 0.05) is 56.8 Å². The topological polar surface area (TPSA) is 48.9 Å². The lowest BCUT2D eigenvalue weighted by Crippen LogP contribution is -2.52. The first-order valence-electron chi connectivity index (χ1n) is 10.3. The highest BCUT2D eigenvalue weighted by atomic mass is 32.1. The van der Waals surface area contributed by atoms with Gasteiger partial charge in [0.25, 0.3) is 0 Å². The van der Waals surface area contributed by atoms with E-state index in [9.17, 15) is 18.0 Å². The van der Waals surface area contributed by atoms with Crippen LogP contribution in [0.2, 0.25) is 0 Å². The third-order valence-corrected chi connectivity index (χ3v) is 6.52. The maximum absolute atomic E-state index is 12.7. The zero-order chi connectivity index (χ0) is 21.8. The van der Waals surface area contributed by atoms with E-state index in [-0.39, 0.29) is 5.91 Å². The Balaban J connectivity index is 1.26. The van der Waals surface area contributed by atoms with E-state index in [1.807, 2.05) is 10.3 Å². The van der Waals surface area contributed by atoms with Gasteiger partial charge in [0.05, 0.1) is 31.0 Å². The molecule has 0 spiro atoms. The summed E-state index contributed by atoms with van der Waals surface area (Å²) in [5.41, 5.74) is 0.921. The first kappa shape index (κ1) is 22.2. The fraction of sp³-hybridized carbons (Fsp3) is 0.524. The second-order valence-corrected chi connectivity index (χ2v) is 8.62. The molecule has 1 aromatic heterocycles. The van der Waals surface area contributed by atoms with E-state index in [2.05, 4.69) is 14.8 Å². The van der Waals surface area contributed by atoms with Gasteiger partial charge in [-0.3, -0.25) is 14.6 Å². The largest absolute Gasteiger partial charge is 0.416 e. The number of carbonyl (C=O) groups is 1. The predicted molar refractivity (Wildman–Crippen MR) is 112 cm³/mol. The number of carbonyl (C=O) groups excluding carboxylic acids is 1. The summed E-state index contributed by atoms with van der Waals surface area (Å²) >= 11 is 1.43. The first-order valence-corrected chi connectivity index (χ1v) is 11.2. The second-order valence-electron chi connectivity index (χ2n) is 7.76. The molecular formula is C21H25F3N4O2S. The number of aromatic nitrogens is 1. The molecule has 0 bridgehead atoms. The van der Waals surface area contributed by atoms with Crippen molar-refractivity contribution in [3.8, 4) is 10.6 Å².